The highest BCUT2D eigenvalue weighted by Crippen LogP contribution is 2.34. The molecule has 4 rings (SSSR count). The monoisotopic (exact) mass is 391 g/mol. The molecule has 0 atom stereocenters. The minimum atomic E-state index is -0.586. The first kappa shape index (κ1) is 19.1. The molecule has 1 fully saturated rings. The molecule has 2 heterocycles. The maximum absolute atomic E-state index is 11.3. The van der Waals surface area contributed by atoms with Gasteiger partial charge in [-0.15, -0.1) is 0 Å². The molecule has 0 radical (unpaired) electrons. The van der Waals surface area contributed by atoms with Gasteiger partial charge in [0, 0.05) is 41.7 Å². The molecule has 29 heavy (non-hydrogen) atoms. The van der Waals surface area contributed by atoms with Gasteiger partial charge in [0.2, 0.25) is 0 Å². The number of non-ortho nitro benzene ring substituents is 1. The van der Waals surface area contributed by atoms with Gasteiger partial charge in [-0.1, -0.05) is 12.1 Å². The summed E-state index contributed by atoms with van der Waals surface area (Å²) in [5.41, 5.74) is 3.23. The van der Waals surface area contributed by atoms with E-state index in [2.05, 4.69) is 6.07 Å². The van der Waals surface area contributed by atoms with Gasteiger partial charge >= 0.3 is 0 Å². The summed E-state index contributed by atoms with van der Waals surface area (Å²) in [5, 5.41) is 21.4. The van der Waals surface area contributed by atoms with Crippen LogP contribution < -0.4 is 0 Å². The number of hydrogen-bond donors (Lipinski definition) is 0. The smallest absolute Gasteiger partial charge is 0.271 e. The molecule has 7 heteroatoms. The lowest BCUT2D eigenvalue weighted by Crippen LogP contribution is -2.40. The van der Waals surface area contributed by atoms with Gasteiger partial charge in [0.25, 0.3) is 5.69 Å². The zero-order valence-electron chi connectivity index (χ0n) is 16.3. The van der Waals surface area contributed by atoms with Crippen molar-refractivity contribution >= 4 is 16.6 Å². The van der Waals surface area contributed by atoms with Crippen LogP contribution in [-0.4, -0.2) is 28.5 Å². The number of hydrogen-bond acceptors (Lipinski definition) is 5. The van der Waals surface area contributed by atoms with E-state index in [0.717, 1.165) is 22.0 Å². The molecule has 1 aliphatic heterocycles. The Balaban J connectivity index is 1.77. The summed E-state index contributed by atoms with van der Waals surface area (Å²) >= 11 is 0. The van der Waals surface area contributed by atoms with Gasteiger partial charge in [-0.05, 0) is 37.6 Å². The third kappa shape index (κ3) is 3.86. The van der Waals surface area contributed by atoms with Crippen molar-refractivity contribution in [3.63, 3.8) is 0 Å². The van der Waals surface area contributed by atoms with Gasteiger partial charge in [-0.25, -0.2) is 0 Å². The molecule has 0 aliphatic carbocycles. The average molecular weight is 391 g/mol. The van der Waals surface area contributed by atoms with Crippen LogP contribution in [0, 0.1) is 27.4 Å². The summed E-state index contributed by atoms with van der Waals surface area (Å²) in [6.07, 6.45) is 1.99. The van der Waals surface area contributed by atoms with Crippen molar-refractivity contribution < 1.29 is 14.4 Å². The van der Waals surface area contributed by atoms with E-state index in [1.54, 1.807) is 18.2 Å². The minimum Gasteiger partial charge on any atom is -0.350 e. The third-order valence-electron chi connectivity index (χ3n) is 5.17. The largest absolute Gasteiger partial charge is 0.350 e. The van der Waals surface area contributed by atoms with Gasteiger partial charge in [0.1, 0.15) is 0 Å². The van der Waals surface area contributed by atoms with Crippen molar-refractivity contribution in [3.8, 4) is 17.2 Å². The lowest BCUT2D eigenvalue weighted by Gasteiger charge is -2.35. The van der Waals surface area contributed by atoms with E-state index in [1.165, 1.54) is 6.07 Å². The fraction of sp³-hybridized carbons (Fsp3) is 0.318. The molecule has 3 aromatic rings. The SMILES string of the molecule is CC1(C)OCC(Cn2cc(-c3cccc(C#N)c3)c3ccc([N+](=O)[O-])cc32)CO1. The quantitative estimate of drug-likeness (QED) is 0.483. The highest BCUT2D eigenvalue weighted by Gasteiger charge is 2.29. The Bertz CT molecular complexity index is 1120. The third-order valence-corrected chi connectivity index (χ3v) is 5.17. The molecular formula is C22H21N3O4. The molecule has 0 saturated carbocycles. The van der Waals surface area contributed by atoms with Crippen molar-refractivity contribution in [2.75, 3.05) is 13.2 Å². The Labute approximate surface area is 168 Å². The topological polar surface area (TPSA) is 90.3 Å². The summed E-state index contributed by atoms with van der Waals surface area (Å²) < 4.78 is 13.6. The van der Waals surface area contributed by atoms with E-state index >= 15 is 0 Å². The fourth-order valence-electron chi connectivity index (χ4n) is 3.64. The first-order chi connectivity index (χ1) is 13.9. The number of benzene rings is 2. The highest BCUT2D eigenvalue weighted by molar-refractivity contribution is 5.97. The number of nitrogens with zero attached hydrogens (tertiary/aromatic N) is 3. The van der Waals surface area contributed by atoms with Crippen LogP contribution in [-0.2, 0) is 16.0 Å². The standard InChI is InChI=1S/C22H21N3O4/c1-22(2)28-13-16(14-29-22)11-24-12-20(17-5-3-4-15(8-17)10-23)19-7-6-18(25(26)27)9-21(19)24/h3-9,12,16H,11,13-14H2,1-2H3. The van der Waals surface area contributed by atoms with Crippen LogP contribution in [0.15, 0.2) is 48.7 Å². The van der Waals surface area contributed by atoms with Crippen molar-refractivity contribution in [1.29, 1.82) is 5.26 Å². The van der Waals surface area contributed by atoms with Gasteiger partial charge in [0.15, 0.2) is 5.79 Å². The van der Waals surface area contributed by atoms with Crippen LogP contribution in [0.25, 0.3) is 22.0 Å². The van der Waals surface area contributed by atoms with Crippen LogP contribution in [0.3, 0.4) is 0 Å². The van der Waals surface area contributed by atoms with E-state index in [0.29, 0.717) is 25.3 Å². The second kappa shape index (κ2) is 7.32. The van der Waals surface area contributed by atoms with Crippen LogP contribution in [0.2, 0.25) is 0 Å². The summed E-state index contributed by atoms with van der Waals surface area (Å²) in [4.78, 5) is 10.9. The van der Waals surface area contributed by atoms with Crippen molar-refractivity contribution in [2.45, 2.75) is 26.2 Å². The summed E-state index contributed by atoms with van der Waals surface area (Å²) in [6.45, 7) is 5.50. The highest BCUT2D eigenvalue weighted by atomic mass is 16.7. The van der Waals surface area contributed by atoms with Gasteiger partial charge < -0.3 is 14.0 Å². The Morgan fingerprint density at radius 3 is 2.69 bits per heavy atom. The molecular weight excluding hydrogens is 370 g/mol. The number of ether oxygens (including phenoxy) is 2. The molecule has 0 amide bonds. The van der Waals surface area contributed by atoms with Crippen LogP contribution in [0.5, 0.6) is 0 Å². The first-order valence-electron chi connectivity index (χ1n) is 9.42. The zero-order valence-corrected chi connectivity index (χ0v) is 16.3. The molecule has 148 valence electrons. The molecule has 1 aromatic heterocycles. The van der Waals surface area contributed by atoms with E-state index in [1.807, 2.05) is 42.8 Å². The number of nitriles is 1. The molecule has 0 unspecified atom stereocenters. The second-order valence-electron chi connectivity index (χ2n) is 7.73. The van der Waals surface area contributed by atoms with E-state index < -0.39 is 5.79 Å². The predicted octanol–water partition coefficient (Wildman–Crippen LogP) is 4.49. The number of fused-ring (bicyclic) bond motifs is 1. The van der Waals surface area contributed by atoms with Gasteiger partial charge in [-0.2, -0.15) is 5.26 Å². The Morgan fingerprint density at radius 1 is 1.24 bits per heavy atom. The molecule has 0 spiro atoms. The first-order valence-corrected chi connectivity index (χ1v) is 9.42. The molecule has 7 nitrogen and oxygen atoms in total. The number of nitro groups is 1. The number of nitro benzene ring substituents is 1. The zero-order chi connectivity index (χ0) is 20.6. The average Bonchev–Trinajstić information content (AvgIpc) is 3.07. The van der Waals surface area contributed by atoms with Crippen LogP contribution >= 0.6 is 0 Å². The minimum absolute atomic E-state index is 0.0476. The lowest BCUT2D eigenvalue weighted by atomic mass is 10.0. The van der Waals surface area contributed by atoms with Crippen LogP contribution in [0.4, 0.5) is 5.69 Å². The lowest BCUT2D eigenvalue weighted by molar-refractivity contribution is -0.384. The Morgan fingerprint density at radius 2 is 2.00 bits per heavy atom. The normalized spacial score (nSPS) is 16.6. The summed E-state index contributed by atoms with van der Waals surface area (Å²) in [6, 6.07) is 14.4. The molecule has 0 N–H and O–H groups in total. The van der Waals surface area contributed by atoms with E-state index in [-0.39, 0.29) is 16.5 Å². The van der Waals surface area contributed by atoms with E-state index in [9.17, 15) is 15.4 Å². The summed E-state index contributed by atoms with van der Waals surface area (Å²) in [5.74, 6) is -0.451. The summed E-state index contributed by atoms with van der Waals surface area (Å²) in [7, 11) is 0. The second-order valence-corrected chi connectivity index (χ2v) is 7.73. The number of rotatable bonds is 4. The van der Waals surface area contributed by atoms with Crippen LogP contribution in [0.1, 0.15) is 19.4 Å². The maximum atomic E-state index is 11.3. The number of aromatic nitrogens is 1. The van der Waals surface area contributed by atoms with Crippen molar-refractivity contribution in [2.24, 2.45) is 5.92 Å². The van der Waals surface area contributed by atoms with Crippen molar-refractivity contribution in [1.82, 2.24) is 4.57 Å². The molecule has 0 bridgehead atoms. The van der Waals surface area contributed by atoms with E-state index in [4.69, 9.17) is 9.47 Å². The van der Waals surface area contributed by atoms with Crippen molar-refractivity contribution in [3.05, 3.63) is 64.3 Å². The molecule has 1 aliphatic rings. The van der Waals surface area contributed by atoms with Gasteiger partial charge in [0.05, 0.1) is 35.3 Å². The Kier molecular flexibility index (Phi) is 4.82. The molecule has 2 aromatic carbocycles. The van der Waals surface area contributed by atoms with Gasteiger partial charge in [-0.3, -0.25) is 10.1 Å². The molecule has 1 saturated heterocycles. The fourth-order valence-corrected chi connectivity index (χ4v) is 3.64. The predicted molar refractivity (Wildman–Crippen MR) is 108 cm³/mol. The Hall–Kier alpha value is -3.21. The maximum Gasteiger partial charge on any atom is 0.271 e.